The maximum atomic E-state index is 13.5. The molecule has 0 heterocycles. The Morgan fingerprint density at radius 3 is 2.80 bits per heavy atom. The van der Waals surface area contributed by atoms with Crippen LogP contribution in [0, 0.1) is 5.82 Å². The fourth-order valence-corrected chi connectivity index (χ4v) is 1.76. The van der Waals surface area contributed by atoms with Gasteiger partial charge in [0.05, 0.1) is 12.3 Å². The van der Waals surface area contributed by atoms with Crippen LogP contribution < -0.4 is 5.32 Å². The number of hydrogen-bond acceptors (Lipinski definition) is 2. The third kappa shape index (κ3) is 3.47. The first-order chi connectivity index (χ1) is 7.19. The van der Waals surface area contributed by atoms with Gasteiger partial charge in [0.15, 0.2) is 0 Å². The number of ether oxygens (including phenoxy) is 1. The Bertz CT molecular complexity index is 299. The fourth-order valence-electron chi connectivity index (χ4n) is 1.30. The van der Waals surface area contributed by atoms with Crippen LogP contribution in [0.2, 0.25) is 0 Å². The highest BCUT2D eigenvalue weighted by Gasteiger charge is 2.11. The van der Waals surface area contributed by atoms with Gasteiger partial charge in [-0.25, -0.2) is 4.39 Å². The molecule has 0 fully saturated rings. The highest BCUT2D eigenvalue weighted by atomic mass is 79.9. The minimum atomic E-state index is -0.251. The van der Waals surface area contributed by atoms with E-state index in [0.717, 1.165) is 10.9 Å². The van der Waals surface area contributed by atoms with Crippen molar-refractivity contribution in [2.75, 3.05) is 19.0 Å². The normalized spacial score (nSPS) is 12.5. The summed E-state index contributed by atoms with van der Waals surface area (Å²) in [6, 6.07) is 5.04. The van der Waals surface area contributed by atoms with Crippen molar-refractivity contribution in [3.05, 3.63) is 28.5 Å². The van der Waals surface area contributed by atoms with Crippen LogP contribution in [-0.4, -0.2) is 19.8 Å². The topological polar surface area (TPSA) is 21.3 Å². The Morgan fingerprint density at radius 1 is 1.53 bits per heavy atom. The molecule has 1 aromatic rings. The van der Waals surface area contributed by atoms with Crippen molar-refractivity contribution in [3.8, 4) is 0 Å². The Morgan fingerprint density at radius 2 is 2.27 bits per heavy atom. The van der Waals surface area contributed by atoms with E-state index >= 15 is 0 Å². The summed E-state index contributed by atoms with van der Waals surface area (Å²) >= 11 is 3.31. The average Bonchev–Trinajstić information content (AvgIpc) is 2.22. The van der Waals surface area contributed by atoms with Crippen LogP contribution in [0.1, 0.15) is 13.3 Å². The zero-order valence-corrected chi connectivity index (χ0v) is 10.5. The van der Waals surface area contributed by atoms with Crippen molar-refractivity contribution in [2.45, 2.75) is 19.4 Å². The summed E-state index contributed by atoms with van der Waals surface area (Å²) in [5, 5.41) is 3.12. The lowest BCUT2D eigenvalue weighted by atomic mass is 10.2. The first-order valence-corrected chi connectivity index (χ1v) is 5.67. The molecule has 0 aliphatic rings. The zero-order chi connectivity index (χ0) is 11.3. The molecular formula is C11H15BrFNO. The van der Waals surface area contributed by atoms with Crippen LogP contribution in [0.25, 0.3) is 0 Å². The van der Waals surface area contributed by atoms with E-state index in [9.17, 15) is 4.39 Å². The summed E-state index contributed by atoms with van der Waals surface area (Å²) in [7, 11) is 1.64. The number of halogens is 2. The van der Waals surface area contributed by atoms with Crippen molar-refractivity contribution in [1.82, 2.24) is 0 Å². The summed E-state index contributed by atoms with van der Waals surface area (Å²) in [4.78, 5) is 0. The van der Waals surface area contributed by atoms with Crippen molar-refractivity contribution >= 4 is 21.6 Å². The monoisotopic (exact) mass is 275 g/mol. The van der Waals surface area contributed by atoms with Crippen LogP contribution in [-0.2, 0) is 4.74 Å². The first kappa shape index (κ1) is 12.5. The van der Waals surface area contributed by atoms with Gasteiger partial charge in [0.2, 0.25) is 0 Å². The van der Waals surface area contributed by atoms with Gasteiger partial charge in [-0.05, 0) is 34.5 Å². The summed E-state index contributed by atoms with van der Waals surface area (Å²) in [6.45, 7) is 2.60. The summed E-state index contributed by atoms with van der Waals surface area (Å²) in [6.07, 6.45) is 0.884. The maximum Gasteiger partial charge on any atom is 0.147 e. The van der Waals surface area contributed by atoms with Crippen molar-refractivity contribution in [2.24, 2.45) is 0 Å². The van der Waals surface area contributed by atoms with E-state index in [4.69, 9.17) is 4.74 Å². The Kier molecular flexibility index (Phi) is 5.05. The van der Waals surface area contributed by atoms with Crippen LogP contribution in [0.5, 0.6) is 0 Å². The van der Waals surface area contributed by atoms with Gasteiger partial charge in [0, 0.05) is 17.6 Å². The molecule has 0 aliphatic carbocycles. The molecule has 0 aliphatic heterocycles. The van der Waals surface area contributed by atoms with Crippen LogP contribution in [0.15, 0.2) is 22.7 Å². The van der Waals surface area contributed by atoms with E-state index in [1.54, 1.807) is 13.2 Å². The number of hydrogen-bond donors (Lipinski definition) is 1. The zero-order valence-electron chi connectivity index (χ0n) is 8.89. The van der Waals surface area contributed by atoms with Gasteiger partial charge < -0.3 is 10.1 Å². The Labute approximate surface area is 98.0 Å². The molecule has 1 rings (SSSR count). The molecule has 0 amide bonds. The molecule has 0 bridgehead atoms. The quantitative estimate of drug-likeness (QED) is 0.889. The Balaban J connectivity index is 2.78. The van der Waals surface area contributed by atoms with E-state index in [-0.39, 0.29) is 11.9 Å². The minimum Gasteiger partial charge on any atom is -0.383 e. The first-order valence-electron chi connectivity index (χ1n) is 4.88. The second kappa shape index (κ2) is 6.08. The fraction of sp³-hybridized carbons (Fsp3) is 0.455. The van der Waals surface area contributed by atoms with Crippen LogP contribution in [0.4, 0.5) is 10.1 Å². The number of methoxy groups -OCH3 is 1. The maximum absolute atomic E-state index is 13.5. The second-order valence-corrected chi connectivity index (χ2v) is 4.16. The van der Waals surface area contributed by atoms with Gasteiger partial charge in [-0.15, -0.1) is 0 Å². The molecule has 4 heteroatoms. The molecular weight excluding hydrogens is 261 g/mol. The standard InChI is InChI=1S/C11H15BrFNO/c1-3-8(7-15-2)14-11-9(12)5-4-6-10(11)13/h4-6,8,14H,3,7H2,1-2H3. The molecule has 84 valence electrons. The van der Waals surface area contributed by atoms with E-state index in [1.807, 2.05) is 13.0 Å². The van der Waals surface area contributed by atoms with Crippen molar-refractivity contribution in [3.63, 3.8) is 0 Å². The van der Waals surface area contributed by atoms with Crippen molar-refractivity contribution in [1.29, 1.82) is 0 Å². The van der Waals surface area contributed by atoms with Gasteiger partial charge >= 0.3 is 0 Å². The number of nitrogens with one attached hydrogen (secondary N) is 1. The van der Waals surface area contributed by atoms with Gasteiger partial charge in [0.25, 0.3) is 0 Å². The number of rotatable bonds is 5. The SMILES string of the molecule is CCC(COC)Nc1c(F)cccc1Br. The minimum absolute atomic E-state index is 0.128. The molecule has 0 spiro atoms. The summed E-state index contributed by atoms with van der Waals surface area (Å²) in [5.74, 6) is -0.251. The Hall–Kier alpha value is -0.610. The van der Waals surface area contributed by atoms with Crippen LogP contribution >= 0.6 is 15.9 Å². The molecule has 1 aromatic carbocycles. The van der Waals surface area contributed by atoms with E-state index in [2.05, 4.69) is 21.2 Å². The molecule has 1 atom stereocenters. The lowest BCUT2D eigenvalue weighted by Crippen LogP contribution is -2.24. The van der Waals surface area contributed by atoms with Gasteiger partial charge in [0.1, 0.15) is 5.82 Å². The molecule has 0 saturated heterocycles. The van der Waals surface area contributed by atoms with Gasteiger partial charge in [-0.2, -0.15) is 0 Å². The molecule has 0 radical (unpaired) electrons. The van der Waals surface area contributed by atoms with Crippen molar-refractivity contribution < 1.29 is 9.13 Å². The highest BCUT2D eigenvalue weighted by molar-refractivity contribution is 9.10. The molecule has 0 saturated carbocycles. The predicted molar refractivity (Wildman–Crippen MR) is 63.7 cm³/mol. The smallest absolute Gasteiger partial charge is 0.147 e. The average molecular weight is 276 g/mol. The van der Waals surface area contributed by atoms with E-state index in [1.165, 1.54) is 6.07 Å². The number of benzene rings is 1. The summed E-state index contributed by atoms with van der Waals surface area (Å²) in [5.41, 5.74) is 0.501. The third-order valence-electron chi connectivity index (χ3n) is 2.17. The largest absolute Gasteiger partial charge is 0.383 e. The molecule has 1 N–H and O–H groups in total. The molecule has 2 nitrogen and oxygen atoms in total. The lowest BCUT2D eigenvalue weighted by molar-refractivity contribution is 0.184. The molecule has 0 aromatic heterocycles. The van der Waals surface area contributed by atoms with Gasteiger partial charge in [-0.1, -0.05) is 13.0 Å². The molecule has 1 unspecified atom stereocenters. The van der Waals surface area contributed by atoms with E-state index < -0.39 is 0 Å². The highest BCUT2D eigenvalue weighted by Crippen LogP contribution is 2.26. The lowest BCUT2D eigenvalue weighted by Gasteiger charge is -2.18. The number of para-hydroxylation sites is 1. The second-order valence-electron chi connectivity index (χ2n) is 3.30. The third-order valence-corrected chi connectivity index (χ3v) is 2.83. The molecule has 15 heavy (non-hydrogen) atoms. The number of anilines is 1. The summed E-state index contributed by atoms with van der Waals surface area (Å²) < 4.78 is 19.2. The van der Waals surface area contributed by atoms with Gasteiger partial charge in [-0.3, -0.25) is 0 Å². The van der Waals surface area contributed by atoms with E-state index in [0.29, 0.717) is 12.3 Å². The predicted octanol–water partition coefficient (Wildman–Crippen LogP) is 3.43. The van der Waals surface area contributed by atoms with Crippen LogP contribution in [0.3, 0.4) is 0 Å².